The average molecular weight is 216 g/mol. The van der Waals surface area contributed by atoms with Gasteiger partial charge in [-0.3, -0.25) is 0 Å². The average Bonchev–Trinajstić information content (AvgIpc) is 2.65. The van der Waals surface area contributed by atoms with Crippen LogP contribution < -0.4 is 5.73 Å². The summed E-state index contributed by atoms with van der Waals surface area (Å²) < 4.78 is 4.83. The summed E-state index contributed by atoms with van der Waals surface area (Å²) in [5.41, 5.74) is 9.15. The highest BCUT2D eigenvalue weighted by molar-refractivity contribution is 5.38. The van der Waals surface area contributed by atoms with Crippen LogP contribution in [0, 0.1) is 0 Å². The molecular weight excluding hydrogens is 200 g/mol. The van der Waals surface area contributed by atoms with E-state index in [1.165, 1.54) is 11.1 Å². The molecule has 0 unspecified atom stereocenters. The minimum atomic E-state index is 0.410. The summed E-state index contributed by atoms with van der Waals surface area (Å²) in [4.78, 5) is 0. The third-order valence-corrected chi connectivity index (χ3v) is 2.72. The van der Waals surface area contributed by atoms with Gasteiger partial charge in [-0.1, -0.05) is 43.3 Å². The van der Waals surface area contributed by atoms with Gasteiger partial charge in [0, 0.05) is 12.0 Å². The molecule has 1 aromatic carbocycles. The highest BCUT2D eigenvalue weighted by Crippen LogP contribution is 2.18. The number of nitrogen functional groups attached to an aromatic ring is 1. The predicted molar refractivity (Wildman–Crippen MR) is 64.3 cm³/mol. The molecule has 0 saturated heterocycles. The first-order chi connectivity index (χ1) is 7.66. The Kier molecular flexibility index (Phi) is 2.95. The molecule has 0 saturated carbocycles. The largest absolute Gasteiger partial charge is 0.367 e. The lowest BCUT2D eigenvalue weighted by molar-refractivity contribution is 0.436. The van der Waals surface area contributed by atoms with E-state index in [1.54, 1.807) is 6.20 Å². The van der Waals surface area contributed by atoms with E-state index in [1.807, 2.05) is 0 Å². The van der Waals surface area contributed by atoms with Crippen molar-refractivity contribution in [2.45, 2.75) is 26.2 Å². The van der Waals surface area contributed by atoms with Crippen molar-refractivity contribution in [2.75, 3.05) is 5.73 Å². The number of hydrogen-bond donors (Lipinski definition) is 1. The smallest absolute Gasteiger partial charge is 0.225 e. The molecule has 0 aliphatic heterocycles. The van der Waals surface area contributed by atoms with Crippen molar-refractivity contribution in [3.05, 3.63) is 47.2 Å². The normalized spacial score (nSPS) is 10.9. The Morgan fingerprint density at radius 1 is 1.25 bits per heavy atom. The van der Waals surface area contributed by atoms with Crippen LogP contribution in [-0.2, 0) is 6.42 Å². The first-order valence-corrected chi connectivity index (χ1v) is 5.44. The number of anilines is 1. The number of nitrogens with two attached hydrogens (primary N) is 1. The second-order valence-electron chi connectivity index (χ2n) is 4.29. The van der Waals surface area contributed by atoms with Gasteiger partial charge in [-0.2, -0.15) is 0 Å². The van der Waals surface area contributed by atoms with Crippen molar-refractivity contribution < 1.29 is 4.52 Å². The zero-order valence-corrected chi connectivity index (χ0v) is 9.60. The second-order valence-corrected chi connectivity index (χ2v) is 4.29. The summed E-state index contributed by atoms with van der Waals surface area (Å²) >= 11 is 0. The molecule has 0 spiro atoms. The van der Waals surface area contributed by atoms with Crippen LogP contribution in [0.3, 0.4) is 0 Å². The van der Waals surface area contributed by atoms with Gasteiger partial charge in [0.15, 0.2) is 0 Å². The quantitative estimate of drug-likeness (QED) is 0.858. The molecule has 0 atom stereocenters. The predicted octanol–water partition coefficient (Wildman–Crippen LogP) is 2.97. The van der Waals surface area contributed by atoms with Crippen LogP contribution in [0.15, 0.2) is 35.0 Å². The second kappa shape index (κ2) is 4.39. The molecule has 84 valence electrons. The Hall–Kier alpha value is -1.77. The van der Waals surface area contributed by atoms with E-state index >= 15 is 0 Å². The molecule has 0 aliphatic rings. The van der Waals surface area contributed by atoms with Crippen molar-refractivity contribution in [1.82, 2.24) is 5.16 Å². The summed E-state index contributed by atoms with van der Waals surface area (Å²) in [5.74, 6) is 0.975. The van der Waals surface area contributed by atoms with Gasteiger partial charge in [-0.15, -0.1) is 0 Å². The highest BCUT2D eigenvalue weighted by Gasteiger charge is 2.05. The molecule has 1 heterocycles. The number of aromatic nitrogens is 1. The number of hydrogen-bond acceptors (Lipinski definition) is 3. The zero-order chi connectivity index (χ0) is 11.5. The number of nitrogens with zero attached hydrogens (tertiary/aromatic N) is 1. The minimum Gasteiger partial charge on any atom is -0.367 e. The van der Waals surface area contributed by atoms with Crippen molar-refractivity contribution in [3.8, 4) is 0 Å². The van der Waals surface area contributed by atoms with E-state index in [2.05, 4.69) is 43.3 Å². The zero-order valence-electron chi connectivity index (χ0n) is 9.60. The fraction of sp³-hybridized carbons (Fsp3) is 0.308. The van der Waals surface area contributed by atoms with E-state index in [0.29, 0.717) is 11.8 Å². The molecule has 0 amide bonds. The lowest BCUT2D eigenvalue weighted by Crippen LogP contribution is -1.93. The molecular formula is C13H16N2O. The first kappa shape index (κ1) is 10.7. The van der Waals surface area contributed by atoms with Crippen molar-refractivity contribution in [3.63, 3.8) is 0 Å². The summed E-state index contributed by atoms with van der Waals surface area (Å²) in [6.45, 7) is 4.37. The maximum absolute atomic E-state index is 5.64. The van der Waals surface area contributed by atoms with Gasteiger partial charge in [-0.05, 0) is 17.0 Å². The van der Waals surface area contributed by atoms with Crippen LogP contribution in [0.1, 0.15) is 36.5 Å². The summed E-state index contributed by atoms with van der Waals surface area (Å²) in [6.07, 6.45) is 2.44. The summed E-state index contributed by atoms with van der Waals surface area (Å²) in [5, 5.41) is 3.66. The first-order valence-electron chi connectivity index (χ1n) is 5.44. The third kappa shape index (κ3) is 2.24. The monoisotopic (exact) mass is 216 g/mol. The standard InChI is InChI=1S/C13H16N2O/c1-9(2)11-5-3-10(4-6-11)7-12-8-15-16-13(12)14/h3-6,8-9H,7,14H2,1-2H3. The van der Waals surface area contributed by atoms with Crippen molar-refractivity contribution >= 4 is 5.88 Å². The molecule has 0 bridgehead atoms. The Balaban J connectivity index is 2.14. The topological polar surface area (TPSA) is 52.0 Å². The van der Waals surface area contributed by atoms with E-state index < -0.39 is 0 Å². The molecule has 1 aromatic heterocycles. The molecule has 2 N–H and O–H groups in total. The van der Waals surface area contributed by atoms with Gasteiger partial charge >= 0.3 is 0 Å². The van der Waals surface area contributed by atoms with E-state index in [-0.39, 0.29) is 0 Å². The lowest BCUT2D eigenvalue weighted by Gasteiger charge is -2.06. The number of benzene rings is 1. The van der Waals surface area contributed by atoms with Crippen LogP contribution in [0.25, 0.3) is 0 Å². The van der Waals surface area contributed by atoms with Crippen molar-refractivity contribution in [2.24, 2.45) is 0 Å². The maximum Gasteiger partial charge on any atom is 0.225 e. The third-order valence-electron chi connectivity index (χ3n) is 2.72. The van der Waals surface area contributed by atoms with Gasteiger partial charge in [0.05, 0.1) is 6.20 Å². The molecule has 2 rings (SSSR count). The van der Waals surface area contributed by atoms with Crippen LogP contribution in [0.2, 0.25) is 0 Å². The molecule has 0 aliphatic carbocycles. The molecule has 0 fully saturated rings. The van der Waals surface area contributed by atoms with Crippen molar-refractivity contribution in [1.29, 1.82) is 0 Å². The summed E-state index contributed by atoms with van der Waals surface area (Å²) in [6, 6.07) is 8.57. The lowest BCUT2D eigenvalue weighted by atomic mass is 10.00. The van der Waals surface area contributed by atoms with Gasteiger partial charge in [0.25, 0.3) is 0 Å². The fourth-order valence-electron chi connectivity index (χ4n) is 1.64. The molecule has 2 aromatic rings. The Morgan fingerprint density at radius 3 is 2.44 bits per heavy atom. The fourth-order valence-corrected chi connectivity index (χ4v) is 1.64. The SMILES string of the molecule is CC(C)c1ccc(Cc2cnoc2N)cc1. The van der Waals surface area contributed by atoms with Gasteiger partial charge in [-0.25, -0.2) is 0 Å². The van der Waals surface area contributed by atoms with Crippen LogP contribution >= 0.6 is 0 Å². The van der Waals surface area contributed by atoms with E-state index in [9.17, 15) is 0 Å². The molecule has 3 heteroatoms. The Labute approximate surface area is 95.3 Å². The van der Waals surface area contributed by atoms with Crippen LogP contribution in [0.5, 0.6) is 0 Å². The highest BCUT2D eigenvalue weighted by atomic mass is 16.5. The van der Waals surface area contributed by atoms with Crippen LogP contribution in [0.4, 0.5) is 5.88 Å². The summed E-state index contributed by atoms with van der Waals surface area (Å²) in [7, 11) is 0. The molecule has 3 nitrogen and oxygen atoms in total. The Morgan fingerprint density at radius 2 is 1.94 bits per heavy atom. The maximum atomic E-state index is 5.64. The molecule has 0 radical (unpaired) electrons. The van der Waals surface area contributed by atoms with Gasteiger partial charge in [0.1, 0.15) is 0 Å². The number of rotatable bonds is 3. The van der Waals surface area contributed by atoms with Crippen LogP contribution in [-0.4, -0.2) is 5.16 Å². The minimum absolute atomic E-state index is 0.410. The molecule has 16 heavy (non-hydrogen) atoms. The van der Waals surface area contributed by atoms with Gasteiger partial charge in [0.2, 0.25) is 5.88 Å². The van der Waals surface area contributed by atoms with Gasteiger partial charge < -0.3 is 10.3 Å². The van der Waals surface area contributed by atoms with E-state index in [0.717, 1.165) is 12.0 Å². The van der Waals surface area contributed by atoms with E-state index in [4.69, 9.17) is 10.3 Å². The Bertz CT molecular complexity index is 457.